The third-order valence-electron chi connectivity index (χ3n) is 6.26. The van der Waals surface area contributed by atoms with Crippen molar-refractivity contribution >= 4 is 62.3 Å². The molecule has 3 aromatic carbocycles. The van der Waals surface area contributed by atoms with Gasteiger partial charge in [-0.3, -0.25) is 13.9 Å². The van der Waals surface area contributed by atoms with E-state index in [1.54, 1.807) is 56.3 Å². The van der Waals surface area contributed by atoms with Gasteiger partial charge in [-0.2, -0.15) is 0 Å². The molecule has 3 aromatic rings. The summed E-state index contributed by atoms with van der Waals surface area (Å²) in [5.74, 6) is -0.970. The summed E-state index contributed by atoms with van der Waals surface area (Å²) in [5, 5.41) is 3.78. The highest BCUT2D eigenvalue weighted by atomic mass is 35.5. The van der Waals surface area contributed by atoms with Crippen LogP contribution >= 0.6 is 34.8 Å². The summed E-state index contributed by atoms with van der Waals surface area (Å²) in [6.45, 7) is 8.23. The number of hydrogen-bond acceptors (Lipinski definition) is 4. The Morgan fingerprint density at radius 3 is 2.12 bits per heavy atom. The maximum Gasteiger partial charge on any atom is 0.264 e. The minimum absolute atomic E-state index is 0.00461. The van der Waals surface area contributed by atoms with Gasteiger partial charge in [-0.05, 0) is 82.1 Å². The monoisotopic (exact) mass is 623 g/mol. The van der Waals surface area contributed by atoms with Crippen molar-refractivity contribution in [3.63, 3.8) is 0 Å². The van der Waals surface area contributed by atoms with Crippen molar-refractivity contribution in [2.45, 2.75) is 58.1 Å². The Hall–Kier alpha value is -2.78. The minimum atomic E-state index is -4.20. The molecule has 40 heavy (non-hydrogen) atoms. The lowest BCUT2D eigenvalue weighted by molar-refractivity contribution is -0.139. The minimum Gasteiger partial charge on any atom is -0.352 e. The van der Waals surface area contributed by atoms with E-state index >= 15 is 0 Å². The first-order valence-electron chi connectivity index (χ1n) is 12.6. The normalized spacial score (nSPS) is 12.2. The van der Waals surface area contributed by atoms with Gasteiger partial charge in [-0.25, -0.2) is 8.42 Å². The van der Waals surface area contributed by atoms with Crippen LogP contribution in [-0.4, -0.2) is 43.8 Å². The van der Waals surface area contributed by atoms with Crippen LogP contribution in [0.3, 0.4) is 0 Å². The first kappa shape index (κ1) is 31.7. The third-order valence-corrected chi connectivity index (χ3v) is 9.01. The van der Waals surface area contributed by atoms with E-state index in [4.69, 9.17) is 34.8 Å². The van der Waals surface area contributed by atoms with Crippen LogP contribution in [0.1, 0.15) is 37.5 Å². The van der Waals surface area contributed by atoms with Crippen LogP contribution in [0.2, 0.25) is 15.1 Å². The molecule has 0 spiro atoms. The van der Waals surface area contributed by atoms with Gasteiger partial charge in [0.1, 0.15) is 12.6 Å². The van der Waals surface area contributed by atoms with Gasteiger partial charge in [0, 0.05) is 17.6 Å². The molecule has 0 aliphatic rings. The molecule has 3 rings (SSSR count). The molecule has 11 heteroatoms. The Labute approximate surface area is 251 Å². The maximum atomic E-state index is 14.0. The van der Waals surface area contributed by atoms with Crippen LogP contribution in [0.5, 0.6) is 0 Å². The van der Waals surface area contributed by atoms with E-state index < -0.39 is 28.5 Å². The summed E-state index contributed by atoms with van der Waals surface area (Å²) in [6.07, 6.45) is 0. The summed E-state index contributed by atoms with van der Waals surface area (Å²) in [5.41, 5.74) is 2.38. The number of halogens is 3. The van der Waals surface area contributed by atoms with E-state index in [-0.39, 0.29) is 29.1 Å². The smallest absolute Gasteiger partial charge is 0.264 e. The predicted octanol–water partition coefficient (Wildman–Crippen LogP) is 6.40. The molecule has 0 heterocycles. The highest BCUT2D eigenvalue weighted by molar-refractivity contribution is 7.92. The van der Waals surface area contributed by atoms with Crippen molar-refractivity contribution in [3.05, 3.63) is 92.4 Å². The number of nitrogens with zero attached hydrogens (tertiary/aromatic N) is 2. The molecule has 0 aliphatic carbocycles. The number of sulfonamides is 1. The van der Waals surface area contributed by atoms with E-state index in [9.17, 15) is 18.0 Å². The standard InChI is InChI=1S/C29H32Cl3N3O4S/c1-18(2)33-29(37)21(5)34(16-22-9-13-25(31)26(32)14-22)28(36)17-35(27-15-23(30)10-8-20(27)4)40(38,39)24-11-6-19(3)7-12-24/h6-15,18,21H,16-17H2,1-5H3,(H,33,37)/t21-/m0/s1. The highest BCUT2D eigenvalue weighted by Gasteiger charge is 2.33. The zero-order valence-corrected chi connectivity index (χ0v) is 26.0. The lowest BCUT2D eigenvalue weighted by Gasteiger charge is -2.33. The number of rotatable bonds is 10. The van der Waals surface area contributed by atoms with Gasteiger partial charge in [0.25, 0.3) is 10.0 Å². The van der Waals surface area contributed by atoms with E-state index in [2.05, 4.69) is 5.32 Å². The molecule has 2 amide bonds. The highest BCUT2D eigenvalue weighted by Crippen LogP contribution is 2.30. The van der Waals surface area contributed by atoms with Crippen LogP contribution < -0.4 is 9.62 Å². The molecular formula is C29H32Cl3N3O4S. The third kappa shape index (κ3) is 7.69. The number of benzene rings is 3. The van der Waals surface area contributed by atoms with Crippen molar-refractivity contribution in [3.8, 4) is 0 Å². The molecule has 0 fully saturated rings. The molecule has 0 saturated carbocycles. The number of anilines is 1. The predicted molar refractivity (Wildman–Crippen MR) is 162 cm³/mol. The number of carbonyl (C=O) groups is 2. The first-order chi connectivity index (χ1) is 18.7. The molecule has 7 nitrogen and oxygen atoms in total. The Bertz CT molecular complexity index is 1490. The molecule has 0 aromatic heterocycles. The fraction of sp³-hybridized carbons (Fsp3) is 0.310. The largest absolute Gasteiger partial charge is 0.352 e. The summed E-state index contributed by atoms with van der Waals surface area (Å²) in [4.78, 5) is 28.4. The number of carbonyl (C=O) groups excluding carboxylic acids is 2. The van der Waals surface area contributed by atoms with Crippen LogP contribution in [0.15, 0.2) is 65.6 Å². The maximum absolute atomic E-state index is 14.0. The van der Waals surface area contributed by atoms with Gasteiger partial charge in [-0.15, -0.1) is 0 Å². The van der Waals surface area contributed by atoms with Crippen LogP contribution in [0.4, 0.5) is 5.69 Å². The molecule has 0 bridgehead atoms. The lowest BCUT2D eigenvalue weighted by atomic mass is 10.1. The zero-order chi connectivity index (χ0) is 29.8. The number of nitrogens with one attached hydrogen (secondary N) is 1. The van der Waals surface area contributed by atoms with Gasteiger partial charge >= 0.3 is 0 Å². The number of aryl methyl sites for hydroxylation is 2. The summed E-state index contributed by atoms with van der Waals surface area (Å²) in [7, 11) is -4.20. The average molecular weight is 625 g/mol. The number of hydrogen-bond donors (Lipinski definition) is 1. The van der Waals surface area contributed by atoms with E-state index in [0.717, 1.165) is 9.87 Å². The first-order valence-corrected chi connectivity index (χ1v) is 15.2. The fourth-order valence-electron chi connectivity index (χ4n) is 4.02. The number of amides is 2. The Balaban J connectivity index is 2.09. The van der Waals surface area contributed by atoms with Crippen LogP contribution in [0, 0.1) is 13.8 Å². The SMILES string of the molecule is Cc1ccc(S(=O)(=O)N(CC(=O)N(Cc2ccc(Cl)c(Cl)c2)[C@@H](C)C(=O)NC(C)C)c2cc(Cl)ccc2C)cc1. The van der Waals surface area contributed by atoms with Crippen molar-refractivity contribution in [1.82, 2.24) is 10.2 Å². The second-order valence-corrected chi connectivity index (χ2v) is 13.0. The summed E-state index contributed by atoms with van der Waals surface area (Å²) < 4.78 is 28.9. The van der Waals surface area contributed by atoms with Crippen molar-refractivity contribution in [2.75, 3.05) is 10.8 Å². The Morgan fingerprint density at radius 1 is 0.875 bits per heavy atom. The van der Waals surface area contributed by atoms with Gasteiger partial charge < -0.3 is 10.2 Å². The quantitative estimate of drug-likeness (QED) is 0.283. The van der Waals surface area contributed by atoms with Gasteiger partial charge in [-0.1, -0.05) is 64.6 Å². The molecule has 0 saturated heterocycles. The topological polar surface area (TPSA) is 86.8 Å². The van der Waals surface area contributed by atoms with Crippen molar-refractivity contribution in [1.29, 1.82) is 0 Å². The molecule has 0 unspecified atom stereocenters. The Morgan fingerprint density at radius 2 is 1.52 bits per heavy atom. The van der Waals surface area contributed by atoms with Crippen LogP contribution in [-0.2, 0) is 26.2 Å². The second-order valence-electron chi connectivity index (χ2n) is 9.86. The average Bonchev–Trinajstić information content (AvgIpc) is 2.88. The second kappa shape index (κ2) is 13.3. The Kier molecular flexibility index (Phi) is 10.5. The molecular weight excluding hydrogens is 593 g/mol. The van der Waals surface area contributed by atoms with Gasteiger partial charge in [0.05, 0.1) is 20.6 Å². The van der Waals surface area contributed by atoms with Crippen molar-refractivity contribution in [2.24, 2.45) is 0 Å². The summed E-state index contributed by atoms with van der Waals surface area (Å²) in [6, 6.07) is 15.0. The van der Waals surface area contributed by atoms with E-state index in [0.29, 0.717) is 26.2 Å². The molecule has 1 N–H and O–H groups in total. The molecule has 1 atom stereocenters. The molecule has 0 aliphatic heterocycles. The van der Waals surface area contributed by atoms with Crippen molar-refractivity contribution < 1.29 is 18.0 Å². The zero-order valence-electron chi connectivity index (χ0n) is 22.9. The molecule has 0 radical (unpaired) electrons. The fourth-order valence-corrected chi connectivity index (χ4v) is 5.98. The van der Waals surface area contributed by atoms with E-state index in [1.165, 1.54) is 23.1 Å². The summed E-state index contributed by atoms with van der Waals surface area (Å²) >= 11 is 18.5. The van der Waals surface area contributed by atoms with Gasteiger partial charge in [0.15, 0.2) is 0 Å². The van der Waals surface area contributed by atoms with Gasteiger partial charge in [0.2, 0.25) is 11.8 Å². The lowest BCUT2D eigenvalue weighted by Crippen LogP contribution is -2.52. The van der Waals surface area contributed by atoms with Crippen LogP contribution in [0.25, 0.3) is 0 Å². The molecule has 214 valence electrons. The van der Waals surface area contributed by atoms with E-state index in [1.807, 2.05) is 20.8 Å².